The third-order valence-corrected chi connectivity index (χ3v) is 3.74. The maximum absolute atomic E-state index is 12.2. The summed E-state index contributed by atoms with van der Waals surface area (Å²) in [6.07, 6.45) is 1.35. The van der Waals surface area contributed by atoms with E-state index in [1.54, 1.807) is 0 Å². The summed E-state index contributed by atoms with van der Waals surface area (Å²) in [5.41, 5.74) is 0.947. The van der Waals surface area contributed by atoms with Gasteiger partial charge in [-0.3, -0.25) is 24.0 Å². The lowest BCUT2D eigenvalue weighted by atomic mass is 10.4. The number of aromatic nitrogens is 6. The van der Waals surface area contributed by atoms with Crippen LogP contribution in [0.3, 0.4) is 0 Å². The Morgan fingerprint density at radius 1 is 1.30 bits per heavy atom. The van der Waals surface area contributed by atoms with Gasteiger partial charge in [0.2, 0.25) is 11.0 Å². The maximum atomic E-state index is 12.2. The topological polar surface area (TPSA) is 117 Å². The fourth-order valence-electron chi connectivity index (χ4n) is 2.06. The summed E-state index contributed by atoms with van der Waals surface area (Å²) >= 11 is 1.19. The monoisotopic (exact) mass is 357 g/mol. The molecule has 12 heteroatoms. The van der Waals surface area contributed by atoms with Gasteiger partial charge >= 0.3 is 5.69 Å². The molecule has 0 radical (unpaired) electrons. The van der Waals surface area contributed by atoms with Crippen LogP contribution >= 0.6 is 23.7 Å². The van der Waals surface area contributed by atoms with E-state index in [2.05, 4.69) is 20.5 Å². The molecule has 0 spiro atoms. The lowest BCUT2D eigenvalue weighted by Crippen LogP contribution is -2.37. The lowest BCUT2D eigenvalue weighted by molar-refractivity contribution is -0.116. The Balaban J connectivity index is 0.00000192. The van der Waals surface area contributed by atoms with E-state index in [1.807, 2.05) is 0 Å². The summed E-state index contributed by atoms with van der Waals surface area (Å²) in [6, 6.07) is 0. The van der Waals surface area contributed by atoms with Crippen LogP contribution in [-0.2, 0) is 25.4 Å². The number of nitrogens with zero attached hydrogens (tertiary/aromatic N) is 6. The predicted molar refractivity (Wildman–Crippen MR) is 86.0 cm³/mol. The minimum Gasteiger partial charge on any atom is -0.315 e. The lowest BCUT2D eigenvalue weighted by Gasteiger charge is -2.06. The average Bonchev–Trinajstić information content (AvgIpc) is 3.12. The smallest absolute Gasteiger partial charge is 0.315 e. The maximum Gasteiger partial charge on any atom is 0.332 e. The molecule has 1 amide bonds. The highest BCUT2D eigenvalue weighted by Crippen LogP contribution is 2.09. The first-order chi connectivity index (χ1) is 10.5. The standard InChI is InChI=1S/C11H11N7O3S.ClH/c1-16-8-7(9(20)17(2)11(16)21)18(4-12-8)3-6(19)14-10-15-13-5-22-10;/h4-5H,3H2,1-2H3,(H,14,15,19);1H. The fourth-order valence-corrected chi connectivity index (χ4v) is 2.52. The molecule has 23 heavy (non-hydrogen) atoms. The largest absolute Gasteiger partial charge is 0.332 e. The van der Waals surface area contributed by atoms with Crippen LogP contribution in [0, 0.1) is 0 Å². The Morgan fingerprint density at radius 3 is 2.70 bits per heavy atom. The Bertz CT molecular complexity index is 972. The Morgan fingerprint density at radius 2 is 2.04 bits per heavy atom. The molecule has 3 aromatic heterocycles. The number of nitrogens with one attached hydrogen (secondary N) is 1. The molecule has 3 heterocycles. The van der Waals surface area contributed by atoms with E-state index < -0.39 is 11.2 Å². The summed E-state index contributed by atoms with van der Waals surface area (Å²) < 4.78 is 3.63. The molecule has 0 aromatic carbocycles. The number of carbonyl (C=O) groups excluding carboxylic acids is 1. The van der Waals surface area contributed by atoms with Crippen LogP contribution in [0.25, 0.3) is 11.2 Å². The third kappa shape index (κ3) is 2.87. The molecule has 1 N–H and O–H groups in total. The van der Waals surface area contributed by atoms with Crippen molar-refractivity contribution in [2.75, 3.05) is 5.32 Å². The molecular formula is C11H12ClN7O3S. The molecule has 0 aliphatic carbocycles. The molecule has 0 bridgehead atoms. The number of rotatable bonds is 3. The molecule has 0 fully saturated rings. The van der Waals surface area contributed by atoms with Crippen molar-refractivity contribution in [2.24, 2.45) is 14.1 Å². The van der Waals surface area contributed by atoms with Gasteiger partial charge < -0.3 is 4.57 Å². The number of halogens is 1. The summed E-state index contributed by atoms with van der Waals surface area (Å²) in [7, 11) is 2.89. The predicted octanol–water partition coefficient (Wildman–Crippen LogP) is -0.654. The first-order valence-corrected chi connectivity index (χ1v) is 7.04. The number of hydrogen-bond donors (Lipinski definition) is 1. The van der Waals surface area contributed by atoms with Crippen LogP contribution < -0.4 is 16.6 Å². The highest BCUT2D eigenvalue weighted by Gasteiger charge is 2.16. The van der Waals surface area contributed by atoms with Gasteiger partial charge in [0.15, 0.2) is 11.2 Å². The first kappa shape index (κ1) is 16.8. The molecule has 3 rings (SSSR count). The molecule has 0 saturated heterocycles. The summed E-state index contributed by atoms with van der Waals surface area (Å²) in [4.78, 5) is 40.1. The van der Waals surface area contributed by atoms with E-state index in [9.17, 15) is 14.4 Å². The minimum absolute atomic E-state index is 0. The van der Waals surface area contributed by atoms with Crippen LogP contribution in [0.1, 0.15) is 0 Å². The van der Waals surface area contributed by atoms with Gasteiger partial charge in [0.05, 0.1) is 6.33 Å². The zero-order chi connectivity index (χ0) is 15.9. The van der Waals surface area contributed by atoms with E-state index in [1.165, 1.54) is 46.4 Å². The highest BCUT2D eigenvalue weighted by atomic mass is 35.5. The number of aryl methyl sites for hydroxylation is 1. The van der Waals surface area contributed by atoms with Crippen molar-refractivity contribution >= 4 is 45.9 Å². The van der Waals surface area contributed by atoms with Gasteiger partial charge in [-0.15, -0.1) is 22.6 Å². The molecule has 0 aliphatic heterocycles. The Labute approximate surface area is 138 Å². The number of imidazole rings is 1. The second-order valence-corrected chi connectivity index (χ2v) is 5.38. The van der Waals surface area contributed by atoms with E-state index in [-0.39, 0.29) is 36.0 Å². The molecule has 0 aliphatic rings. The molecule has 0 unspecified atom stereocenters. The van der Waals surface area contributed by atoms with Crippen molar-refractivity contribution in [1.82, 2.24) is 28.9 Å². The first-order valence-electron chi connectivity index (χ1n) is 6.16. The zero-order valence-electron chi connectivity index (χ0n) is 12.1. The Hall–Kier alpha value is -2.53. The summed E-state index contributed by atoms with van der Waals surface area (Å²) in [5.74, 6) is -0.369. The number of fused-ring (bicyclic) bond motifs is 1. The summed E-state index contributed by atoms with van der Waals surface area (Å²) in [6.45, 7) is -0.122. The quantitative estimate of drug-likeness (QED) is 0.665. The molecule has 122 valence electrons. The van der Waals surface area contributed by atoms with E-state index >= 15 is 0 Å². The fraction of sp³-hybridized carbons (Fsp3) is 0.273. The molecular weight excluding hydrogens is 346 g/mol. The summed E-state index contributed by atoms with van der Waals surface area (Å²) in [5, 5.41) is 10.3. The molecule has 0 atom stereocenters. The molecule has 10 nitrogen and oxygen atoms in total. The third-order valence-electron chi connectivity index (χ3n) is 3.14. The van der Waals surface area contributed by atoms with Crippen molar-refractivity contribution in [1.29, 1.82) is 0 Å². The highest BCUT2D eigenvalue weighted by molar-refractivity contribution is 7.13. The van der Waals surface area contributed by atoms with Crippen molar-refractivity contribution in [3.63, 3.8) is 0 Å². The van der Waals surface area contributed by atoms with Crippen LogP contribution in [0.15, 0.2) is 21.4 Å². The zero-order valence-corrected chi connectivity index (χ0v) is 13.7. The van der Waals surface area contributed by atoms with Crippen LogP contribution in [0.4, 0.5) is 5.13 Å². The van der Waals surface area contributed by atoms with Crippen molar-refractivity contribution in [3.05, 3.63) is 32.7 Å². The van der Waals surface area contributed by atoms with E-state index in [4.69, 9.17) is 0 Å². The SMILES string of the molecule is Cl.Cn1c(=O)c2c(ncn2CC(=O)Nc2nncs2)n(C)c1=O. The average molecular weight is 358 g/mol. The Kier molecular flexibility index (Phi) is 4.61. The minimum atomic E-state index is -0.501. The normalized spacial score (nSPS) is 10.5. The van der Waals surface area contributed by atoms with Gasteiger partial charge in [-0.2, -0.15) is 0 Å². The number of amides is 1. The van der Waals surface area contributed by atoms with E-state index in [0.29, 0.717) is 5.13 Å². The van der Waals surface area contributed by atoms with Crippen molar-refractivity contribution < 1.29 is 4.79 Å². The van der Waals surface area contributed by atoms with Gasteiger partial charge in [0.25, 0.3) is 5.56 Å². The van der Waals surface area contributed by atoms with Crippen LogP contribution in [0.2, 0.25) is 0 Å². The number of carbonyl (C=O) groups is 1. The number of anilines is 1. The van der Waals surface area contributed by atoms with Crippen molar-refractivity contribution in [2.45, 2.75) is 6.54 Å². The van der Waals surface area contributed by atoms with Gasteiger partial charge in [0.1, 0.15) is 12.1 Å². The molecule has 0 saturated carbocycles. The second-order valence-electron chi connectivity index (χ2n) is 4.54. The van der Waals surface area contributed by atoms with Gasteiger partial charge in [-0.1, -0.05) is 11.3 Å². The van der Waals surface area contributed by atoms with Crippen LogP contribution in [0.5, 0.6) is 0 Å². The number of hydrogen-bond acceptors (Lipinski definition) is 7. The van der Waals surface area contributed by atoms with Crippen LogP contribution in [-0.4, -0.2) is 34.8 Å². The van der Waals surface area contributed by atoms with E-state index in [0.717, 1.165) is 4.57 Å². The van der Waals surface area contributed by atoms with Crippen molar-refractivity contribution in [3.8, 4) is 0 Å². The van der Waals surface area contributed by atoms with Gasteiger partial charge in [0, 0.05) is 14.1 Å². The van der Waals surface area contributed by atoms with Gasteiger partial charge in [-0.25, -0.2) is 9.78 Å². The van der Waals surface area contributed by atoms with Gasteiger partial charge in [-0.05, 0) is 0 Å². The second kappa shape index (κ2) is 6.30. The molecule has 3 aromatic rings.